The minimum absolute atomic E-state index is 0.455. The Morgan fingerprint density at radius 2 is 1.39 bits per heavy atom. The molecule has 0 bridgehead atoms. The van der Waals surface area contributed by atoms with Crippen LogP contribution in [-0.4, -0.2) is 77.3 Å². The number of nitrogens with zero attached hydrogens (tertiary/aromatic N) is 2. The van der Waals surface area contributed by atoms with E-state index >= 15 is 0 Å². The van der Waals surface area contributed by atoms with Crippen LogP contribution in [0.1, 0.15) is 31.2 Å². The Hall–Kier alpha value is -4.90. The SMILES string of the molecule is COc1ccc(CN[C@H]2CC[C@@H](Nc3ccn4cc(-c5cc(Cl)c(OC)cc5OC)nc4c3)CC2)cc1.O=C(O)C(F)(F)F.O=C(O)C(F)(F)F. The number of carboxylic acids is 2. The zero-order valence-corrected chi connectivity index (χ0v) is 28.2. The fourth-order valence-electron chi connectivity index (χ4n) is 4.94. The number of fused-ring (bicyclic) bond motifs is 1. The van der Waals surface area contributed by atoms with Crippen LogP contribution in [0.3, 0.4) is 0 Å². The summed E-state index contributed by atoms with van der Waals surface area (Å²) < 4.78 is 81.6. The molecule has 1 aliphatic rings. The summed E-state index contributed by atoms with van der Waals surface area (Å²) in [7, 11) is 4.92. The molecule has 2 heterocycles. The maximum Gasteiger partial charge on any atom is 0.490 e. The number of aromatic nitrogens is 2. The van der Waals surface area contributed by atoms with E-state index in [0.717, 1.165) is 60.6 Å². The quantitative estimate of drug-likeness (QED) is 0.127. The van der Waals surface area contributed by atoms with Crippen molar-refractivity contribution >= 4 is 34.9 Å². The summed E-state index contributed by atoms with van der Waals surface area (Å²) in [6, 6.07) is 17.1. The number of aliphatic carboxylic acids is 2. The molecule has 0 amide bonds. The van der Waals surface area contributed by atoms with Crippen molar-refractivity contribution in [3.63, 3.8) is 0 Å². The average molecular weight is 749 g/mol. The summed E-state index contributed by atoms with van der Waals surface area (Å²) >= 11 is 6.38. The van der Waals surface area contributed by atoms with Gasteiger partial charge >= 0.3 is 24.3 Å². The van der Waals surface area contributed by atoms with Gasteiger partial charge in [-0.15, -0.1) is 0 Å². The monoisotopic (exact) mass is 748 g/mol. The summed E-state index contributed by atoms with van der Waals surface area (Å²) in [5, 5.41) is 22.2. The maximum absolute atomic E-state index is 10.6. The molecule has 1 saturated carbocycles. The number of carbonyl (C=O) groups is 2. The third kappa shape index (κ3) is 12.1. The Bertz CT molecular complexity index is 1740. The Balaban J connectivity index is 0.000000424. The van der Waals surface area contributed by atoms with Crippen molar-refractivity contribution in [1.82, 2.24) is 14.7 Å². The average Bonchev–Trinajstić information content (AvgIpc) is 3.51. The predicted octanol–water partition coefficient (Wildman–Crippen LogP) is 7.46. The Morgan fingerprint density at radius 3 is 1.90 bits per heavy atom. The highest BCUT2D eigenvalue weighted by molar-refractivity contribution is 6.32. The second-order valence-corrected chi connectivity index (χ2v) is 11.4. The van der Waals surface area contributed by atoms with Crippen molar-refractivity contribution < 1.29 is 60.4 Å². The molecule has 0 radical (unpaired) electrons. The Morgan fingerprint density at radius 1 is 0.843 bits per heavy atom. The third-order valence-electron chi connectivity index (χ3n) is 7.55. The van der Waals surface area contributed by atoms with Crippen LogP contribution < -0.4 is 24.8 Å². The van der Waals surface area contributed by atoms with Gasteiger partial charge in [0, 0.05) is 54.4 Å². The molecule has 0 saturated heterocycles. The molecule has 0 atom stereocenters. The van der Waals surface area contributed by atoms with Gasteiger partial charge in [-0.05, 0) is 55.5 Å². The number of imidazole rings is 1. The molecule has 51 heavy (non-hydrogen) atoms. The maximum atomic E-state index is 10.6. The first-order valence-corrected chi connectivity index (χ1v) is 15.5. The number of rotatable bonds is 9. The molecule has 1 fully saturated rings. The first-order valence-electron chi connectivity index (χ1n) is 15.1. The molecule has 1 aliphatic carbocycles. The standard InChI is InChI=1S/C29H33ClN4O3.2C2HF3O2/c1-35-23-10-4-19(5-11-23)17-31-20-6-8-21(9-7-20)32-22-12-13-34-18-26(33-29(34)14-22)24-15-25(30)28(37-3)16-27(24)36-2;2*3-2(4,5)1(6)7/h4-5,10-16,18,20-21,31-32H,6-9,17H2,1-3H3;2*(H,6,7)/t20-,21+;;. The van der Waals surface area contributed by atoms with Crippen molar-refractivity contribution in [2.24, 2.45) is 0 Å². The van der Waals surface area contributed by atoms with Gasteiger partial charge in [-0.25, -0.2) is 14.6 Å². The lowest BCUT2D eigenvalue weighted by atomic mass is 9.91. The normalized spacial score (nSPS) is 15.8. The van der Waals surface area contributed by atoms with Gasteiger partial charge in [0.05, 0.1) is 32.0 Å². The van der Waals surface area contributed by atoms with Crippen molar-refractivity contribution in [3.05, 3.63) is 71.5 Å². The minimum atomic E-state index is -5.08. The summed E-state index contributed by atoms with van der Waals surface area (Å²) in [5.74, 6) is -3.38. The lowest BCUT2D eigenvalue weighted by Gasteiger charge is -2.30. The van der Waals surface area contributed by atoms with Crippen molar-refractivity contribution in [1.29, 1.82) is 0 Å². The van der Waals surface area contributed by atoms with Crippen LogP contribution in [0.4, 0.5) is 32.0 Å². The molecule has 5 rings (SSSR count). The molecule has 11 nitrogen and oxygen atoms in total. The number of carboxylic acid groups (broad SMARTS) is 2. The molecule has 0 aliphatic heterocycles. The Kier molecular flexibility index (Phi) is 14.2. The lowest BCUT2D eigenvalue weighted by molar-refractivity contribution is -0.193. The zero-order chi connectivity index (χ0) is 37.9. The first-order chi connectivity index (χ1) is 23.9. The number of ether oxygens (including phenoxy) is 3. The van der Waals surface area contributed by atoms with E-state index in [1.54, 1.807) is 27.4 Å². The molecule has 0 spiro atoms. The van der Waals surface area contributed by atoms with E-state index in [1.165, 1.54) is 5.56 Å². The number of anilines is 1. The molecule has 18 heteroatoms. The van der Waals surface area contributed by atoms with E-state index in [-0.39, 0.29) is 0 Å². The zero-order valence-electron chi connectivity index (χ0n) is 27.4. The summed E-state index contributed by atoms with van der Waals surface area (Å²) in [6.45, 7) is 0.885. The highest BCUT2D eigenvalue weighted by atomic mass is 35.5. The van der Waals surface area contributed by atoms with E-state index in [0.29, 0.717) is 28.6 Å². The van der Waals surface area contributed by atoms with Crippen LogP contribution in [0, 0.1) is 0 Å². The Labute approximate surface area is 293 Å². The van der Waals surface area contributed by atoms with Gasteiger partial charge in [-0.1, -0.05) is 23.7 Å². The lowest BCUT2D eigenvalue weighted by Crippen LogP contribution is -2.36. The molecule has 4 N–H and O–H groups in total. The number of halogens is 7. The molecule has 278 valence electrons. The van der Waals surface area contributed by atoms with Crippen molar-refractivity contribution in [2.45, 2.75) is 56.7 Å². The van der Waals surface area contributed by atoms with Gasteiger partial charge < -0.3 is 39.5 Å². The fraction of sp³-hybridized carbons (Fsp3) is 0.364. The highest BCUT2D eigenvalue weighted by Gasteiger charge is 2.39. The smallest absolute Gasteiger partial charge is 0.490 e. The van der Waals surface area contributed by atoms with Crippen LogP contribution >= 0.6 is 11.6 Å². The molecular weight excluding hydrogens is 714 g/mol. The van der Waals surface area contributed by atoms with Crippen LogP contribution in [-0.2, 0) is 16.1 Å². The number of alkyl halides is 6. The van der Waals surface area contributed by atoms with Crippen LogP contribution in [0.2, 0.25) is 5.02 Å². The summed E-state index contributed by atoms with van der Waals surface area (Å²) in [6.07, 6.45) is -1.57. The number of pyridine rings is 1. The second-order valence-electron chi connectivity index (χ2n) is 11.0. The number of methoxy groups -OCH3 is 3. The van der Waals surface area contributed by atoms with E-state index in [9.17, 15) is 26.3 Å². The predicted molar refractivity (Wildman–Crippen MR) is 176 cm³/mol. The van der Waals surface area contributed by atoms with Gasteiger partial charge in [0.25, 0.3) is 0 Å². The molecular formula is C33H35ClF6N4O7. The largest absolute Gasteiger partial charge is 0.497 e. The van der Waals surface area contributed by atoms with Crippen LogP contribution in [0.5, 0.6) is 17.2 Å². The second kappa shape index (κ2) is 17.8. The number of benzene rings is 2. The minimum Gasteiger partial charge on any atom is -0.497 e. The van der Waals surface area contributed by atoms with E-state index in [1.807, 2.05) is 35.0 Å². The van der Waals surface area contributed by atoms with Gasteiger partial charge in [0.1, 0.15) is 22.9 Å². The first kappa shape index (κ1) is 40.5. The molecule has 2 aromatic carbocycles. The number of nitrogens with one attached hydrogen (secondary N) is 2. The summed E-state index contributed by atoms with van der Waals surface area (Å²) in [4.78, 5) is 22.6. The topological polar surface area (TPSA) is 144 Å². The summed E-state index contributed by atoms with van der Waals surface area (Å²) in [5.41, 5.74) is 4.85. The molecule has 2 aromatic heterocycles. The van der Waals surface area contributed by atoms with E-state index in [4.69, 9.17) is 50.6 Å². The van der Waals surface area contributed by atoms with E-state index in [2.05, 4.69) is 34.9 Å². The van der Waals surface area contributed by atoms with Crippen LogP contribution in [0.15, 0.2) is 60.9 Å². The van der Waals surface area contributed by atoms with Crippen molar-refractivity contribution in [3.8, 4) is 28.5 Å². The van der Waals surface area contributed by atoms with E-state index < -0.39 is 24.3 Å². The fourth-order valence-corrected chi connectivity index (χ4v) is 5.19. The van der Waals surface area contributed by atoms with Gasteiger partial charge in [-0.3, -0.25) is 0 Å². The molecule has 4 aromatic rings. The molecule has 0 unspecified atom stereocenters. The van der Waals surface area contributed by atoms with Gasteiger partial charge in [-0.2, -0.15) is 26.3 Å². The van der Waals surface area contributed by atoms with Crippen LogP contribution in [0.25, 0.3) is 16.9 Å². The number of hydrogen-bond donors (Lipinski definition) is 4. The van der Waals surface area contributed by atoms with Gasteiger partial charge in [0.2, 0.25) is 0 Å². The number of hydrogen-bond acceptors (Lipinski definition) is 8. The highest BCUT2D eigenvalue weighted by Crippen LogP contribution is 2.38. The van der Waals surface area contributed by atoms with Crippen molar-refractivity contribution in [2.75, 3.05) is 26.6 Å². The third-order valence-corrected chi connectivity index (χ3v) is 7.84. The van der Waals surface area contributed by atoms with Gasteiger partial charge in [0.15, 0.2) is 0 Å².